The van der Waals surface area contributed by atoms with Gasteiger partial charge in [-0.3, -0.25) is 0 Å². The number of hydrogen-bond acceptors (Lipinski definition) is 4. The molecule has 0 aliphatic rings. The zero-order valence-electron chi connectivity index (χ0n) is 8.61. The molecule has 1 aromatic rings. The third kappa shape index (κ3) is 4.17. The zero-order valence-corrected chi connectivity index (χ0v) is 10.2. The van der Waals surface area contributed by atoms with Gasteiger partial charge in [-0.25, -0.2) is 5.14 Å². The van der Waals surface area contributed by atoms with E-state index >= 15 is 0 Å². The molecule has 1 rings (SSSR count). The molecule has 0 fully saturated rings. The van der Waals surface area contributed by atoms with Crippen LogP contribution in [0.4, 0.5) is 0 Å². The lowest BCUT2D eigenvalue weighted by Crippen LogP contribution is -2.30. The van der Waals surface area contributed by atoms with Gasteiger partial charge in [0.1, 0.15) is 5.75 Å². The molecule has 15 heavy (non-hydrogen) atoms. The molecule has 0 atom stereocenters. The van der Waals surface area contributed by atoms with Crippen molar-refractivity contribution >= 4 is 21.5 Å². The molecule has 1 heterocycles. The Morgan fingerprint density at radius 3 is 2.80 bits per heavy atom. The molecule has 0 spiro atoms. The van der Waals surface area contributed by atoms with Gasteiger partial charge in [-0.1, -0.05) is 0 Å². The summed E-state index contributed by atoms with van der Waals surface area (Å²) in [6.45, 7) is 4.54. The first-order chi connectivity index (χ1) is 6.92. The van der Waals surface area contributed by atoms with Crippen molar-refractivity contribution in [2.24, 2.45) is 5.14 Å². The van der Waals surface area contributed by atoms with Crippen LogP contribution < -0.4 is 14.6 Å². The quantitative estimate of drug-likeness (QED) is 0.809. The summed E-state index contributed by atoms with van der Waals surface area (Å²) in [7, 11) is -3.64. The van der Waals surface area contributed by atoms with Gasteiger partial charge < -0.3 is 4.74 Å². The molecule has 0 bridgehead atoms. The number of ether oxygens (including phenoxy) is 1. The fourth-order valence-corrected chi connectivity index (χ4v) is 2.46. The van der Waals surface area contributed by atoms with Crippen LogP contribution in [-0.2, 0) is 16.8 Å². The van der Waals surface area contributed by atoms with E-state index in [1.807, 2.05) is 19.9 Å². The van der Waals surface area contributed by atoms with Crippen LogP contribution >= 0.6 is 11.3 Å². The highest BCUT2D eigenvalue weighted by Gasteiger charge is 2.10. The Morgan fingerprint density at radius 1 is 1.60 bits per heavy atom. The van der Waals surface area contributed by atoms with Gasteiger partial charge in [-0.2, -0.15) is 13.1 Å². The van der Waals surface area contributed by atoms with Gasteiger partial charge in [0.25, 0.3) is 10.2 Å². The first kappa shape index (κ1) is 12.4. The summed E-state index contributed by atoms with van der Waals surface area (Å²) in [6.07, 6.45) is 0. The van der Waals surface area contributed by atoms with Crippen LogP contribution in [0, 0.1) is 6.92 Å². The molecule has 0 aliphatic heterocycles. The van der Waals surface area contributed by atoms with Crippen LogP contribution in [-0.4, -0.2) is 15.0 Å². The first-order valence-corrected chi connectivity index (χ1v) is 6.78. The minimum absolute atomic E-state index is 0.173. The second kappa shape index (κ2) is 4.93. The van der Waals surface area contributed by atoms with Crippen molar-refractivity contribution < 1.29 is 13.2 Å². The molecule has 0 saturated carbocycles. The normalized spacial score (nSPS) is 11.7. The number of nitrogens with one attached hydrogen (secondary N) is 1. The van der Waals surface area contributed by atoms with E-state index in [4.69, 9.17) is 9.88 Å². The van der Waals surface area contributed by atoms with E-state index in [1.165, 1.54) is 11.3 Å². The molecule has 0 aliphatic carbocycles. The van der Waals surface area contributed by atoms with Crippen molar-refractivity contribution in [1.29, 1.82) is 0 Å². The maximum atomic E-state index is 10.7. The summed E-state index contributed by atoms with van der Waals surface area (Å²) in [5, 5.41) is 4.84. The van der Waals surface area contributed by atoms with Crippen molar-refractivity contribution in [2.45, 2.75) is 20.4 Å². The van der Waals surface area contributed by atoms with Crippen molar-refractivity contribution in [3.05, 3.63) is 15.8 Å². The SMILES string of the molecule is CCOc1cc(C)sc1CNS(N)(=O)=O. The summed E-state index contributed by atoms with van der Waals surface area (Å²) >= 11 is 1.49. The number of aryl methyl sites for hydroxylation is 1. The standard InChI is InChI=1S/C8H14N2O3S2/c1-3-13-7-4-6(2)14-8(7)5-10-15(9,11)12/h4,10H,3,5H2,1-2H3,(H2,9,11,12). The zero-order chi connectivity index (χ0) is 11.5. The summed E-state index contributed by atoms with van der Waals surface area (Å²) in [4.78, 5) is 1.91. The number of thiophene rings is 1. The molecule has 86 valence electrons. The minimum Gasteiger partial charge on any atom is -0.493 e. The average Bonchev–Trinajstić information content (AvgIpc) is 2.42. The van der Waals surface area contributed by atoms with Crippen LogP contribution in [0.25, 0.3) is 0 Å². The molecule has 1 aromatic heterocycles. The third-order valence-corrected chi connectivity index (χ3v) is 3.21. The Kier molecular flexibility index (Phi) is 4.09. The Labute approximate surface area is 93.4 Å². The largest absolute Gasteiger partial charge is 0.493 e. The Morgan fingerprint density at radius 2 is 2.27 bits per heavy atom. The van der Waals surface area contributed by atoms with Crippen molar-refractivity contribution in [3.8, 4) is 5.75 Å². The highest BCUT2D eigenvalue weighted by molar-refractivity contribution is 7.87. The topological polar surface area (TPSA) is 81.4 Å². The molecule has 7 heteroatoms. The summed E-state index contributed by atoms with van der Waals surface area (Å²) in [5.41, 5.74) is 0. The minimum atomic E-state index is -3.64. The molecule has 0 radical (unpaired) electrons. The lowest BCUT2D eigenvalue weighted by molar-refractivity contribution is 0.338. The summed E-state index contributed by atoms with van der Waals surface area (Å²) in [5.74, 6) is 0.719. The van der Waals surface area contributed by atoms with E-state index < -0.39 is 10.2 Å². The molecule has 5 nitrogen and oxygen atoms in total. The second-order valence-electron chi connectivity index (χ2n) is 2.94. The van der Waals surface area contributed by atoms with Crippen molar-refractivity contribution in [2.75, 3.05) is 6.61 Å². The molecule has 3 N–H and O–H groups in total. The van der Waals surface area contributed by atoms with Crippen molar-refractivity contribution in [3.63, 3.8) is 0 Å². The fraction of sp³-hybridized carbons (Fsp3) is 0.500. The fourth-order valence-electron chi connectivity index (χ4n) is 1.11. The van der Waals surface area contributed by atoms with Gasteiger partial charge >= 0.3 is 0 Å². The van der Waals surface area contributed by atoms with Crippen LogP contribution in [0.3, 0.4) is 0 Å². The lowest BCUT2D eigenvalue weighted by Gasteiger charge is -2.04. The van der Waals surface area contributed by atoms with E-state index in [-0.39, 0.29) is 6.54 Å². The monoisotopic (exact) mass is 250 g/mol. The Hall–Kier alpha value is -0.630. The van der Waals surface area contributed by atoms with E-state index in [9.17, 15) is 8.42 Å². The van der Waals surface area contributed by atoms with Crippen LogP contribution in [0.1, 0.15) is 16.7 Å². The summed E-state index contributed by atoms with van der Waals surface area (Å²) < 4.78 is 29.0. The number of rotatable bonds is 5. The molecule has 0 aromatic carbocycles. The predicted molar refractivity (Wildman–Crippen MR) is 60.2 cm³/mol. The lowest BCUT2D eigenvalue weighted by atomic mass is 10.4. The van der Waals surface area contributed by atoms with Gasteiger partial charge in [-0.15, -0.1) is 11.3 Å². The van der Waals surface area contributed by atoms with Gasteiger partial charge in [0, 0.05) is 11.4 Å². The van der Waals surface area contributed by atoms with Gasteiger partial charge in [0.15, 0.2) is 0 Å². The van der Waals surface area contributed by atoms with Crippen LogP contribution in [0.2, 0.25) is 0 Å². The van der Waals surface area contributed by atoms with Gasteiger partial charge in [0.05, 0.1) is 11.5 Å². The maximum Gasteiger partial charge on any atom is 0.274 e. The third-order valence-electron chi connectivity index (χ3n) is 1.63. The second-order valence-corrected chi connectivity index (χ2v) is 5.66. The van der Waals surface area contributed by atoms with Gasteiger partial charge in [0.2, 0.25) is 0 Å². The van der Waals surface area contributed by atoms with Gasteiger partial charge in [-0.05, 0) is 19.9 Å². The molecular formula is C8H14N2O3S2. The van der Waals surface area contributed by atoms with E-state index in [0.29, 0.717) is 6.61 Å². The molecule has 0 amide bonds. The number of nitrogens with two attached hydrogens (primary N) is 1. The summed E-state index contributed by atoms with van der Waals surface area (Å²) in [6, 6.07) is 1.88. The number of hydrogen-bond donors (Lipinski definition) is 2. The Bertz CT molecular complexity index is 425. The van der Waals surface area contributed by atoms with Crippen LogP contribution in [0.15, 0.2) is 6.07 Å². The van der Waals surface area contributed by atoms with Crippen LogP contribution in [0.5, 0.6) is 5.75 Å². The predicted octanol–water partition coefficient (Wildman–Crippen LogP) is 0.748. The highest BCUT2D eigenvalue weighted by atomic mass is 32.2. The Balaban J connectivity index is 2.75. The molecular weight excluding hydrogens is 236 g/mol. The molecule has 0 saturated heterocycles. The van der Waals surface area contributed by atoms with E-state index in [2.05, 4.69) is 4.72 Å². The smallest absolute Gasteiger partial charge is 0.274 e. The highest BCUT2D eigenvalue weighted by Crippen LogP contribution is 2.28. The van der Waals surface area contributed by atoms with Crippen molar-refractivity contribution in [1.82, 2.24) is 4.72 Å². The molecule has 0 unspecified atom stereocenters. The van der Waals surface area contributed by atoms with E-state index in [0.717, 1.165) is 15.5 Å². The average molecular weight is 250 g/mol. The first-order valence-electron chi connectivity index (χ1n) is 4.42. The maximum absolute atomic E-state index is 10.7. The van der Waals surface area contributed by atoms with E-state index in [1.54, 1.807) is 0 Å².